The number of ether oxygens (including phenoxy) is 2. The summed E-state index contributed by atoms with van der Waals surface area (Å²) in [7, 11) is 1.31. The van der Waals surface area contributed by atoms with E-state index in [0.717, 1.165) is 29.0 Å². The van der Waals surface area contributed by atoms with Crippen molar-refractivity contribution in [1.29, 1.82) is 0 Å². The van der Waals surface area contributed by atoms with Gasteiger partial charge >= 0.3 is 0 Å². The fourth-order valence-corrected chi connectivity index (χ4v) is 7.23. The van der Waals surface area contributed by atoms with Gasteiger partial charge in [-0.2, -0.15) is 0 Å². The maximum Gasteiger partial charge on any atom is 0.134 e. The second-order valence-corrected chi connectivity index (χ2v) is 12.7. The molecule has 1 aliphatic rings. The first-order valence-electron chi connectivity index (χ1n) is 11.8. The highest BCUT2D eigenvalue weighted by molar-refractivity contribution is 7.67. The first-order valence-corrected chi connectivity index (χ1v) is 13.3. The van der Waals surface area contributed by atoms with Crippen molar-refractivity contribution in [1.82, 2.24) is 0 Å². The molecule has 1 atom stereocenters. The third-order valence-corrected chi connectivity index (χ3v) is 9.62. The zero-order chi connectivity index (χ0) is 23.9. The minimum absolute atomic E-state index is 0.150. The van der Waals surface area contributed by atoms with Crippen molar-refractivity contribution in [3.63, 3.8) is 0 Å². The molecule has 0 bridgehead atoms. The quantitative estimate of drug-likeness (QED) is 0.282. The van der Waals surface area contributed by atoms with Crippen LogP contribution in [0.2, 0.25) is 0 Å². The van der Waals surface area contributed by atoms with E-state index in [4.69, 9.17) is 9.47 Å². The average Bonchev–Trinajstić information content (AvgIpc) is 3.30. The molecule has 0 amide bonds. The molecule has 0 spiro atoms. The van der Waals surface area contributed by atoms with Crippen molar-refractivity contribution >= 4 is 13.2 Å². The molecular weight excluding hydrogens is 435 g/mol. The summed E-state index contributed by atoms with van der Waals surface area (Å²) in [6.45, 7) is 9.21. The van der Waals surface area contributed by atoms with E-state index in [9.17, 15) is 0 Å². The molecule has 0 unspecified atom stereocenters. The predicted molar refractivity (Wildman–Crippen MR) is 146 cm³/mol. The standard InChI is InChI=1S/C31H31O2P/c1-21-25(22-13-8-6-9-14-22)19-26(23-15-10-7-11-16-23)29(32-5)28(21)24-17-12-18-27-30(24)34(20-33-27)31(2,3)4/h6-19H,20H2,1-5H3/t34-/m0/s1. The van der Waals surface area contributed by atoms with Gasteiger partial charge in [0.25, 0.3) is 0 Å². The molecule has 0 saturated heterocycles. The van der Waals surface area contributed by atoms with E-state index in [1.54, 1.807) is 7.11 Å². The van der Waals surface area contributed by atoms with Gasteiger partial charge < -0.3 is 9.47 Å². The molecule has 1 aliphatic heterocycles. The summed E-state index contributed by atoms with van der Waals surface area (Å²) in [4.78, 5) is 0. The van der Waals surface area contributed by atoms with E-state index < -0.39 is 7.92 Å². The number of hydrogen-bond donors (Lipinski definition) is 0. The fourth-order valence-electron chi connectivity index (χ4n) is 4.89. The van der Waals surface area contributed by atoms with Crippen LogP contribution >= 0.6 is 7.92 Å². The molecule has 0 N–H and O–H groups in total. The maximum absolute atomic E-state index is 6.23. The zero-order valence-corrected chi connectivity index (χ0v) is 21.4. The van der Waals surface area contributed by atoms with Gasteiger partial charge in [0.2, 0.25) is 0 Å². The van der Waals surface area contributed by atoms with E-state index in [2.05, 4.69) is 113 Å². The summed E-state index contributed by atoms with van der Waals surface area (Å²) in [6, 6.07) is 30.0. The first-order chi connectivity index (χ1) is 16.4. The van der Waals surface area contributed by atoms with E-state index in [1.165, 1.54) is 33.1 Å². The summed E-state index contributed by atoms with van der Waals surface area (Å²) in [5, 5.41) is 1.51. The van der Waals surface area contributed by atoms with Crippen LogP contribution in [-0.2, 0) is 0 Å². The van der Waals surface area contributed by atoms with Crippen LogP contribution in [0, 0.1) is 6.92 Å². The smallest absolute Gasteiger partial charge is 0.134 e. The normalized spacial score (nSPS) is 15.0. The third-order valence-electron chi connectivity index (χ3n) is 6.61. The van der Waals surface area contributed by atoms with Gasteiger partial charge in [0.05, 0.1) is 7.11 Å². The third kappa shape index (κ3) is 3.91. The number of fused-ring (bicyclic) bond motifs is 1. The van der Waals surface area contributed by atoms with Crippen LogP contribution in [0.15, 0.2) is 84.9 Å². The van der Waals surface area contributed by atoms with Crippen LogP contribution < -0.4 is 14.8 Å². The summed E-state index contributed by atoms with van der Waals surface area (Å²) in [6.07, 6.45) is 0.774. The van der Waals surface area contributed by atoms with Crippen LogP contribution in [0.25, 0.3) is 33.4 Å². The summed E-state index contributed by atoms with van der Waals surface area (Å²) in [5.74, 6) is 1.94. The lowest BCUT2D eigenvalue weighted by Crippen LogP contribution is -2.19. The molecule has 0 aromatic heterocycles. The Morgan fingerprint density at radius 1 is 0.765 bits per heavy atom. The molecule has 3 heteroatoms. The number of benzene rings is 4. The van der Waals surface area contributed by atoms with Crippen molar-refractivity contribution in [2.24, 2.45) is 0 Å². The molecular formula is C31H31O2P. The molecule has 4 aromatic carbocycles. The lowest BCUT2D eigenvalue weighted by molar-refractivity contribution is 0.400. The van der Waals surface area contributed by atoms with Crippen LogP contribution in [-0.4, -0.2) is 18.6 Å². The van der Waals surface area contributed by atoms with Gasteiger partial charge in [-0.05, 0) is 60.0 Å². The van der Waals surface area contributed by atoms with Crippen molar-refractivity contribution < 1.29 is 9.47 Å². The molecule has 0 aliphatic carbocycles. The van der Waals surface area contributed by atoms with E-state index >= 15 is 0 Å². The Kier molecular flexibility index (Phi) is 5.96. The van der Waals surface area contributed by atoms with Crippen molar-refractivity contribution in [2.75, 3.05) is 13.5 Å². The SMILES string of the molecule is COc1c(-c2ccccc2)cc(-c2ccccc2)c(C)c1-c1cccc2c1[P@@](C(C)(C)C)CO2. The van der Waals surface area contributed by atoms with Crippen LogP contribution in [0.5, 0.6) is 11.5 Å². The number of hydrogen-bond acceptors (Lipinski definition) is 2. The first kappa shape index (κ1) is 22.7. The van der Waals surface area contributed by atoms with Crippen molar-refractivity contribution in [2.45, 2.75) is 32.9 Å². The molecule has 0 radical (unpaired) electrons. The van der Waals surface area contributed by atoms with Gasteiger partial charge in [-0.1, -0.05) is 93.6 Å². The largest absolute Gasteiger partial charge is 0.495 e. The Hall–Kier alpha value is -3.09. The summed E-state index contributed by atoms with van der Waals surface area (Å²) in [5.41, 5.74) is 8.34. The number of methoxy groups -OCH3 is 1. The van der Waals surface area contributed by atoms with Gasteiger partial charge in [0, 0.05) is 16.4 Å². The maximum atomic E-state index is 6.23. The van der Waals surface area contributed by atoms with Crippen molar-refractivity contribution in [3.05, 3.63) is 90.5 Å². The Bertz CT molecular complexity index is 1320. The predicted octanol–water partition coefficient (Wildman–Crippen LogP) is 8.26. The molecule has 34 heavy (non-hydrogen) atoms. The van der Waals surface area contributed by atoms with E-state index in [1.807, 2.05) is 0 Å². The van der Waals surface area contributed by atoms with Gasteiger partial charge in [-0.3, -0.25) is 0 Å². The fraction of sp³-hybridized carbons (Fsp3) is 0.226. The minimum Gasteiger partial charge on any atom is -0.495 e. The van der Waals surface area contributed by atoms with E-state index in [0.29, 0.717) is 0 Å². The van der Waals surface area contributed by atoms with Crippen LogP contribution in [0.1, 0.15) is 26.3 Å². The lowest BCUT2D eigenvalue weighted by atomic mass is 9.87. The number of rotatable bonds is 4. The molecule has 5 rings (SSSR count). The summed E-state index contributed by atoms with van der Waals surface area (Å²) < 4.78 is 12.4. The Morgan fingerprint density at radius 2 is 1.38 bits per heavy atom. The summed E-state index contributed by atoms with van der Waals surface area (Å²) >= 11 is 0. The second-order valence-electron chi connectivity index (χ2n) is 9.76. The highest BCUT2D eigenvalue weighted by Gasteiger charge is 2.37. The van der Waals surface area contributed by atoms with Gasteiger partial charge in [-0.15, -0.1) is 0 Å². The van der Waals surface area contributed by atoms with Gasteiger partial charge in [0.15, 0.2) is 0 Å². The molecule has 0 fully saturated rings. The minimum atomic E-state index is -0.482. The lowest BCUT2D eigenvalue weighted by Gasteiger charge is -2.29. The average molecular weight is 467 g/mol. The van der Waals surface area contributed by atoms with Gasteiger partial charge in [0.1, 0.15) is 17.8 Å². The Balaban J connectivity index is 1.87. The highest BCUT2D eigenvalue weighted by atomic mass is 31.1. The van der Waals surface area contributed by atoms with Crippen molar-refractivity contribution in [3.8, 4) is 44.9 Å². The molecule has 172 valence electrons. The monoisotopic (exact) mass is 466 g/mol. The molecule has 0 saturated carbocycles. The van der Waals surface area contributed by atoms with Gasteiger partial charge in [-0.25, -0.2) is 0 Å². The highest BCUT2D eigenvalue weighted by Crippen LogP contribution is 2.57. The van der Waals surface area contributed by atoms with Crippen LogP contribution in [0.4, 0.5) is 0 Å². The van der Waals surface area contributed by atoms with E-state index in [-0.39, 0.29) is 5.16 Å². The zero-order valence-electron chi connectivity index (χ0n) is 20.6. The molecule has 4 aromatic rings. The topological polar surface area (TPSA) is 18.5 Å². The van der Waals surface area contributed by atoms with Crippen LogP contribution in [0.3, 0.4) is 0 Å². The molecule has 1 heterocycles. The Morgan fingerprint density at radius 3 is 1.97 bits per heavy atom. The Labute approximate surface area is 204 Å². The second kappa shape index (κ2) is 8.93. The molecule has 2 nitrogen and oxygen atoms in total.